The van der Waals surface area contributed by atoms with Crippen molar-refractivity contribution in [2.24, 2.45) is 5.92 Å². The van der Waals surface area contributed by atoms with Crippen LogP contribution in [0.1, 0.15) is 58.6 Å². The van der Waals surface area contributed by atoms with Crippen LogP contribution in [0, 0.1) is 12.0 Å². The minimum Gasteiger partial charge on any atom is -0.512 e. The summed E-state index contributed by atoms with van der Waals surface area (Å²) in [5, 5.41) is 15.6. The Bertz CT molecular complexity index is 1930. The van der Waals surface area contributed by atoms with Gasteiger partial charge in [0.05, 0.1) is 5.76 Å². The number of allylic oxidation sites excluding steroid dienone is 2. The first-order valence-electron chi connectivity index (χ1n) is 14.2. The molecule has 0 aliphatic heterocycles. The molecule has 6 aromatic rings. The summed E-state index contributed by atoms with van der Waals surface area (Å²) in [4.78, 5) is 14.8. The molecule has 42 heavy (non-hydrogen) atoms. The van der Waals surface area contributed by atoms with Crippen molar-refractivity contribution in [1.82, 2.24) is 4.98 Å². The SMILES string of the molecule is CC(=O)/C=C(/C)O.CC(C)Cc1cccc2c1oc1c(-c3[c-]c4ccc5ccccc5c4c(C(C)C)c3)nccc12.[Ir]. The standard InChI is InChI=1S/C32H28NO.C5H8O2.Ir/c1-19(2)16-23-9-7-11-26-27-14-15-33-30(32(27)34-31(23)26)24-17-22-13-12-21-8-5-6-10-25(21)29(22)28(18-24)20(3)4;1-4(6)3-5(2)7;/h5-15,18-20H,16H2,1-4H3;3,6H,1-2H3;/q-1;;/b;4-3-;. The van der Waals surface area contributed by atoms with Gasteiger partial charge in [0.1, 0.15) is 11.2 Å². The minimum absolute atomic E-state index is 0. The van der Waals surface area contributed by atoms with E-state index in [-0.39, 0.29) is 31.6 Å². The van der Waals surface area contributed by atoms with E-state index in [1.54, 1.807) is 0 Å². The molecule has 0 aliphatic rings. The second kappa shape index (κ2) is 13.0. The molecule has 4 nitrogen and oxygen atoms in total. The van der Waals surface area contributed by atoms with Crippen molar-refractivity contribution in [2.75, 3.05) is 0 Å². The van der Waals surface area contributed by atoms with Crippen LogP contribution in [0.5, 0.6) is 0 Å². The molecule has 0 unspecified atom stereocenters. The zero-order valence-electron chi connectivity index (χ0n) is 24.9. The van der Waals surface area contributed by atoms with Gasteiger partial charge in [0, 0.05) is 48.8 Å². The van der Waals surface area contributed by atoms with E-state index >= 15 is 0 Å². The van der Waals surface area contributed by atoms with Crippen molar-refractivity contribution in [2.45, 2.75) is 53.9 Å². The Hall–Kier alpha value is -3.79. The fourth-order valence-electron chi connectivity index (χ4n) is 5.55. The van der Waals surface area contributed by atoms with Gasteiger partial charge in [-0.05, 0) is 54.5 Å². The summed E-state index contributed by atoms with van der Waals surface area (Å²) < 4.78 is 6.57. The Kier molecular flexibility index (Phi) is 9.66. The topological polar surface area (TPSA) is 63.3 Å². The molecule has 217 valence electrons. The number of para-hydroxylation sites is 1. The van der Waals surface area contributed by atoms with E-state index in [2.05, 4.69) is 100 Å². The van der Waals surface area contributed by atoms with Gasteiger partial charge in [-0.15, -0.1) is 29.1 Å². The van der Waals surface area contributed by atoms with Crippen molar-refractivity contribution >= 4 is 49.3 Å². The zero-order chi connectivity index (χ0) is 29.3. The predicted octanol–water partition coefficient (Wildman–Crippen LogP) is 10.1. The summed E-state index contributed by atoms with van der Waals surface area (Å²) in [7, 11) is 0. The minimum atomic E-state index is -0.125. The zero-order valence-corrected chi connectivity index (χ0v) is 27.3. The van der Waals surface area contributed by atoms with E-state index in [0.29, 0.717) is 11.8 Å². The Morgan fingerprint density at radius 1 is 0.929 bits per heavy atom. The number of aliphatic hydroxyl groups is 1. The van der Waals surface area contributed by atoms with Crippen LogP contribution in [0.25, 0.3) is 54.7 Å². The summed E-state index contributed by atoms with van der Waals surface area (Å²) in [6.07, 6.45) is 4.06. The molecule has 0 saturated carbocycles. The van der Waals surface area contributed by atoms with Gasteiger partial charge >= 0.3 is 0 Å². The van der Waals surface area contributed by atoms with Crippen molar-refractivity contribution in [1.29, 1.82) is 0 Å². The van der Waals surface area contributed by atoms with E-state index in [9.17, 15) is 4.79 Å². The normalized spacial score (nSPS) is 11.8. The predicted molar refractivity (Wildman–Crippen MR) is 170 cm³/mol. The summed E-state index contributed by atoms with van der Waals surface area (Å²) in [5.41, 5.74) is 6.25. The number of aliphatic hydroxyl groups excluding tert-OH is 1. The number of benzene rings is 4. The van der Waals surface area contributed by atoms with Crippen molar-refractivity contribution in [3.8, 4) is 11.3 Å². The summed E-state index contributed by atoms with van der Waals surface area (Å²) in [6.45, 7) is 11.9. The third-order valence-electron chi connectivity index (χ3n) is 7.20. The number of hydrogen-bond donors (Lipinski definition) is 1. The quantitative estimate of drug-likeness (QED) is 0.0829. The van der Waals surface area contributed by atoms with Crippen LogP contribution in [0.15, 0.2) is 89.2 Å². The fraction of sp³-hybridized carbons (Fsp3) is 0.243. The van der Waals surface area contributed by atoms with Gasteiger partial charge in [-0.3, -0.25) is 9.78 Å². The van der Waals surface area contributed by atoms with E-state index in [4.69, 9.17) is 14.5 Å². The maximum absolute atomic E-state index is 10.0. The van der Waals surface area contributed by atoms with E-state index < -0.39 is 0 Å². The van der Waals surface area contributed by atoms with Gasteiger partial charge in [0.2, 0.25) is 0 Å². The van der Waals surface area contributed by atoms with Crippen LogP contribution in [0.3, 0.4) is 0 Å². The molecule has 0 saturated heterocycles. The van der Waals surface area contributed by atoms with Gasteiger partial charge in [0.15, 0.2) is 5.78 Å². The van der Waals surface area contributed by atoms with Gasteiger partial charge in [-0.25, -0.2) is 0 Å². The van der Waals surface area contributed by atoms with Crippen LogP contribution < -0.4 is 0 Å². The van der Waals surface area contributed by atoms with E-state index in [1.807, 2.05) is 6.20 Å². The first kappa shape index (κ1) is 31.2. The largest absolute Gasteiger partial charge is 0.512 e. The van der Waals surface area contributed by atoms with Crippen LogP contribution in [0.2, 0.25) is 0 Å². The molecular weight excluding hydrogens is 699 g/mol. The number of fused-ring (bicyclic) bond motifs is 6. The Morgan fingerprint density at radius 2 is 1.64 bits per heavy atom. The third-order valence-corrected chi connectivity index (χ3v) is 7.20. The van der Waals surface area contributed by atoms with Crippen LogP contribution in [-0.2, 0) is 31.3 Å². The second-order valence-electron chi connectivity index (χ2n) is 11.4. The number of carbonyl (C=O) groups excluding carboxylic acids is 1. The maximum atomic E-state index is 10.0. The van der Waals surface area contributed by atoms with Gasteiger partial charge in [-0.2, -0.15) is 0 Å². The van der Waals surface area contributed by atoms with E-state index in [1.165, 1.54) is 47.2 Å². The number of hydrogen-bond acceptors (Lipinski definition) is 4. The second-order valence-corrected chi connectivity index (χ2v) is 11.4. The number of nitrogens with zero attached hydrogens (tertiary/aromatic N) is 1. The molecule has 0 bridgehead atoms. The molecule has 0 aliphatic carbocycles. The molecule has 0 spiro atoms. The number of rotatable bonds is 5. The van der Waals surface area contributed by atoms with Crippen LogP contribution >= 0.6 is 0 Å². The molecule has 1 radical (unpaired) electrons. The molecule has 0 fully saturated rings. The molecular formula is C37H36IrNO3-. The molecule has 0 atom stereocenters. The molecule has 5 heteroatoms. The molecule has 0 amide bonds. The molecule has 2 aromatic heterocycles. The molecule has 6 rings (SSSR count). The van der Waals surface area contributed by atoms with Crippen LogP contribution in [-0.4, -0.2) is 15.9 Å². The average molecular weight is 735 g/mol. The van der Waals surface area contributed by atoms with Gasteiger partial charge in [0.25, 0.3) is 0 Å². The van der Waals surface area contributed by atoms with Crippen LogP contribution in [0.4, 0.5) is 0 Å². The molecule has 2 heterocycles. The number of ketones is 1. The Morgan fingerprint density at radius 3 is 2.31 bits per heavy atom. The van der Waals surface area contributed by atoms with Crippen molar-refractivity contribution < 1.29 is 34.4 Å². The van der Waals surface area contributed by atoms with Gasteiger partial charge in [-0.1, -0.05) is 87.2 Å². The summed E-state index contributed by atoms with van der Waals surface area (Å²) in [6, 6.07) is 27.5. The first-order chi connectivity index (χ1) is 19.6. The van der Waals surface area contributed by atoms with E-state index in [0.717, 1.165) is 45.0 Å². The number of furan rings is 1. The van der Waals surface area contributed by atoms with Gasteiger partial charge < -0.3 is 9.52 Å². The molecule has 1 N–H and O–H groups in total. The Labute approximate surface area is 260 Å². The smallest absolute Gasteiger partial charge is 0.155 e. The number of carbonyl (C=O) groups is 1. The first-order valence-corrected chi connectivity index (χ1v) is 14.2. The maximum Gasteiger partial charge on any atom is 0.155 e. The summed E-state index contributed by atoms with van der Waals surface area (Å²) >= 11 is 0. The number of pyridine rings is 1. The molecule has 4 aromatic carbocycles. The number of aromatic nitrogens is 1. The fourth-order valence-corrected chi connectivity index (χ4v) is 5.55. The Balaban J connectivity index is 0.000000454. The summed E-state index contributed by atoms with van der Waals surface area (Å²) in [5.74, 6) is 0.871. The van der Waals surface area contributed by atoms with Crippen molar-refractivity contribution in [3.63, 3.8) is 0 Å². The monoisotopic (exact) mass is 735 g/mol. The van der Waals surface area contributed by atoms with Crippen molar-refractivity contribution in [3.05, 3.63) is 102 Å². The third kappa shape index (κ3) is 6.33. The average Bonchev–Trinajstić information content (AvgIpc) is 3.31.